The molecule has 0 N–H and O–H groups in total. The van der Waals surface area contributed by atoms with Crippen LogP contribution < -0.4 is 9.47 Å². The van der Waals surface area contributed by atoms with Gasteiger partial charge in [-0.2, -0.15) is 10.5 Å². The van der Waals surface area contributed by atoms with Gasteiger partial charge >= 0.3 is 11.9 Å². The van der Waals surface area contributed by atoms with Gasteiger partial charge in [0, 0.05) is 30.2 Å². The molecule has 0 aliphatic carbocycles. The minimum Gasteiger partial charge on any atom is -0.423 e. The fraction of sp³-hybridized carbons (Fsp3) is 0.0667. The maximum Gasteiger partial charge on any atom is 0.346 e. The lowest BCUT2D eigenvalue weighted by atomic mass is 9.91. The van der Waals surface area contributed by atoms with E-state index < -0.39 is 86.5 Å². The summed E-state index contributed by atoms with van der Waals surface area (Å²) >= 11 is 0. The Bertz CT molecular complexity index is 1670. The van der Waals surface area contributed by atoms with Crippen LogP contribution >= 0.6 is 0 Å². The Labute approximate surface area is 233 Å². The number of halogens is 6. The third-order valence-electron chi connectivity index (χ3n) is 6.10. The van der Waals surface area contributed by atoms with E-state index in [1.54, 1.807) is 6.92 Å². The standard InChI is InChI=1S/C30H14F6N2O4/c1-14(15-2-4-19(23(31)6-15)29(39)41-17-8-25(33)21(12-37)26(34)9-17)16-3-5-20(24(32)7-16)30(40)42-18-10-27(35)22(13-38)28(36)11-18/h2-11,14H,1H3. The van der Waals surface area contributed by atoms with Crippen LogP contribution in [0.25, 0.3) is 0 Å². The second-order valence-electron chi connectivity index (χ2n) is 8.73. The van der Waals surface area contributed by atoms with Crippen molar-refractivity contribution in [2.45, 2.75) is 12.8 Å². The number of carbonyl (C=O) groups excluding carboxylic acids is 2. The highest BCUT2D eigenvalue weighted by molar-refractivity contribution is 5.92. The zero-order valence-electron chi connectivity index (χ0n) is 21.1. The summed E-state index contributed by atoms with van der Waals surface area (Å²) in [5.74, 6) is -11.6. The van der Waals surface area contributed by atoms with Gasteiger partial charge in [0.25, 0.3) is 0 Å². The largest absolute Gasteiger partial charge is 0.423 e. The van der Waals surface area contributed by atoms with E-state index >= 15 is 0 Å². The third-order valence-corrected chi connectivity index (χ3v) is 6.10. The number of hydrogen-bond acceptors (Lipinski definition) is 6. The molecule has 0 unspecified atom stereocenters. The number of carbonyl (C=O) groups is 2. The Hall–Kier alpha value is -5.62. The Balaban J connectivity index is 1.50. The van der Waals surface area contributed by atoms with Crippen molar-refractivity contribution in [3.8, 4) is 23.6 Å². The molecule has 0 bridgehead atoms. The number of hydrogen-bond donors (Lipinski definition) is 0. The van der Waals surface area contributed by atoms with Crippen molar-refractivity contribution < 1.29 is 45.4 Å². The maximum absolute atomic E-state index is 14.8. The summed E-state index contributed by atoms with van der Waals surface area (Å²) in [6.45, 7) is 1.57. The number of nitrogens with zero attached hydrogens (tertiary/aromatic N) is 2. The molecule has 0 heterocycles. The molecule has 42 heavy (non-hydrogen) atoms. The Morgan fingerprint density at radius 1 is 0.595 bits per heavy atom. The van der Waals surface area contributed by atoms with Gasteiger partial charge in [0.1, 0.15) is 69.7 Å². The molecule has 0 spiro atoms. The second-order valence-corrected chi connectivity index (χ2v) is 8.73. The van der Waals surface area contributed by atoms with Crippen LogP contribution in [0.4, 0.5) is 26.3 Å². The van der Waals surface area contributed by atoms with Crippen LogP contribution in [0.3, 0.4) is 0 Å². The fourth-order valence-corrected chi connectivity index (χ4v) is 3.88. The summed E-state index contributed by atoms with van der Waals surface area (Å²) in [5.41, 5.74) is -2.35. The second kappa shape index (κ2) is 11.9. The summed E-state index contributed by atoms with van der Waals surface area (Å²) in [5, 5.41) is 17.4. The molecule has 12 heteroatoms. The lowest BCUT2D eigenvalue weighted by molar-refractivity contribution is 0.0719. The van der Waals surface area contributed by atoms with Crippen molar-refractivity contribution in [1.82, 2.24) is 0 Å². The average Bonchev–Trinajstić information content (AvgIpc) is 2.92. The molecule has 4 rings (SSSR count). The highest BCUT2D eigenvalue weighted by Crippen LogP contribution is 2.29. The fourth-order valence-electron chi connectivity index (χ4n) is 3.88. The lowest BCUT2D eigenvalue weighted by Gasteiger charge is -2.15. The van der Waals surface area contributed by atoms with E-state index in [1.165, 1.54) is 24.3 Å². The summed E-state index contributed by atoms with van der Waals surface area (Å²) in [6, 6.07) is 11.7. The summed E-state index contributed by atoms with van der Waals surface area (Å²) < 4.78 is 94.4. The van der Waals surface area contributed by atoms with E-state index in [-0.39, 0.29) is 11.1 Å². The molecule has 0 atom stereocenters. The van der Waals surface area contributed by atoms with Crippen LogP contribution in [-0.4, -0.2) is 11.9 Å². The van der Waals surface area contributed by atoms with Gasteiger partial charge < -0.3 is 9.47 Å². The molecule has 0 saturated carbocycles. The Morgan fingerprint density at radius 3 is 1.21 bits per heavy atom. The SMILES string of the molecule is CC(c1ccc(C(=O)Oc2cc(F)c(C#N)c(F)c2)c(F)c1)c1ccc(C(=O)Oc2cc(F)c(C#N)c(F)c2)c(F)c1. The topological polar surface area (TPSA) is 100 Å². The molecule has 0 aliphatic heterocycles. The van der Waals surface area contributed by atoms with Gasteiger partial charge in [-0.1, -0.05) is 19.1 Å². The normalized spacial score (nSPS) is 10.6. The zero-order chi connectivity index (χ0) is 30.7. The predicted molar refractivity (Wildman–Crippen MR) is 132 cm³/mol. The van der Waals surface area contributed by atoms with Gasteiger partial charge in [-0.3, -0.25) is 0 Å². The molecule has 4 aromatic carbocycles. The van der Waals surface area contributed by atoms with Crippen molar-refractivity contribution in [1.29, 1.82) is 10.5 Å². The van der Waals surface area contributed by atoms with Crippen molar-refractivity contribution >= 4 is 11.9 Å². The third kappa shape index (κ3) is 5.93. The van der Waals surface area contributed by atoms with Crippen molar-refractivity contribution in [2.75, 3.05) is 0 Å². The van der Waals surface area contributed by atoms with E-state index in [0.29, 0.717) is 24.3 Å². The molecular weight excluding hydrogens is 566 g/mol. The molecule has 0 aliphatic rings. The van der Waals surface area contributed by atoms with E-state index in [4.69, 9.17) is 20.0 Å². The average molecular weight is 580 g/mol. The molecule has 6 nitrogen and oxygen atoms in total. The highest BCUT2D eigenvalue weighted by atomic mass is 19.2. The van der Waals surface area contributed by atoms with Crippen LogP contribution in [0.5, 0.6) is 11.5 Å². The molecule has 0 amide bonds. The Kier molecular flexibility index (Phi) is 8.29. The zero-order valence-corrected chi connectivity index (χ0v) is 21.1. The van der Waals surface area contributed by atoms with Crippen LogP contribution in [0.1, 0.15) is 55.8 Å². The molecule has 0 radical (unpaired) electrons. The van der Waals surface area contributed by atoms with Gasteiger partial charge in [0.15, 0.2) is 0 Å². The van der Waals surface area contributed by atoms with Gasteiger partial charge in [-0.15, -0.1) is 0 Å². The van der Waals surface area contributed by atoms with Crippen molar-refractivity contribution in [3.05, 3.63) is 129 Å². The number of benzene rings is 4. The minimum absolute atomic E-state index is 0.276. The molecular formula is C30H14F6N2O4. The number of rotatable bonds is 6. The van der Waals surface area contributed by atoms with Gasteiger partial charge in [0.2, 0.25) is 0 Å². The first-order valence-electron chi connectivity index (χ1n) is 11.7. The van der Waals surface area contributed by atoms with Crippen LogP contribution in [0.2, 0.25) is 0 Å². The van der Waals surface area contributed by atoms with Gasteiger partial charge in [-0.05, 0) is 35.4 Å². The van der Waals surface area contributed by atoms with Crippen LogP contribution in [0, 0.1) is 57.6 Å². The molecule has 210 valence electrons. The number of nitriles is 2. The van der Waals surface area contributed by atoms with E-state index in [2.05, 4.69) is 0 Å². The quantitative estimate of drug-likeness (QED) is 0.140. The van der Waals surface area contributed by atoms with E-state index in [0.717, 1.165) is 24.3 Å². The summed E-state index contributed by atoms with van der Waals surface area (Å²) in [4.78, 5) is 24.8. The summed E-state index contributed by atoms with van der Waals surface area (Å²) in [6.07, 6.45) is 0. The Morgan fingerprint density at radius 2 is 0.929 bits per heavy atom. The predicted octanol–water partition coefficient (Wildman–Crippen LogP) is 6.85. The first kappa shape index (κ1) is 29.4. The first-order chi connectivity index (χ1) is 19.9. The number of esters is 2. The molecule has 0 fully saturated rings. The van der Waals surface area contributed by atoms with E-state index in [9.17, 15) is 35.9 Å². The maximum atomic E-state index is 14.8. The molecule has 0 aromatic heterocycles. The van der Waals surface area contributed by atoms with Crippen molar-refractivity contribution in [3.63, 3.8) is 0 Å². The monoisotopic (exact) mass is 580 g/mol. The minimum atomic E-state index is -1.27. The van der Waals surface area contributed by atoms with Gasteiger partial charge in [0.05, 0.1) is 11.1 Å². The highest BCUT2D eigenvalue weighted by Gasteiger charge is 2.22. The first-order valence-corrected chi connectivity index (χ1v) is 11.7. The number of ether oxygens (including phenoxy) is 2. The van der Waals surface area contributed by atoms with E-state index in [1.807, 2.05) is 0 Å². The van der Waals surface area contributed by atoms with Crippen molar-refractivity contribution in [2.24, 2.45) is 0 Å². The smallest absolute Gasteiger partial charge is 0.346 e. The van der Waals surface area contributed by atoms with Crippen LogP contribution in [0.15, 0.2) is 60.7 Å². The molecule has 4 aromatic rings. The van der Waals surface area contributed by atoms with Crippen LogP contribution in [-0.2, 0) is 0 Å². The summed E-state index contributed by atoms with van der Waals surface area (Å²) in [7, 11) is 0. The molecule has 0 saturated heterocycles. The lowest BCUT2D eigenvalue weighted by Crippen LogP contribution is -2.13. The van der Waals surface area contributed by atoms with Gasteiger partial charge in [-0.25, -0.2) is 35.9 Å².